The summed E-state index contributed by atoms with van der Waals surface area (Å²) < 4.78 is 11.8. The Hall–Kier alpha value is -4.04. The quantitative estimate of drug-likeness (QED) is 0.448. The van der Waals surface area contributed by atoms with Crippen LogP contribution in [0.5, 0.6) is 11.5 Å². The van der Waals surface area contributed by atoms with Crippen LogP contribution in [0.2, 0.25) is 0 Å². The van der Waals surface area contributed by atoms with E-state index in [1.165, 1.54) is 24.4 Å². The van der Waals surface area contributed by atoms with Gasteiger partial charge in [0.05, 0.1) is 23.9 Å². The van der Waals surface area contributed by atoms with Crippen molar-refractivity contribution in [3.05, 3.63) is 100 Å². The fourth-order valence-corrected chi connectivity index (χ4v) is 2.93. The molecule has 0 fully saturated rings. The Morgan fingerprint density at radius 3 is 2.43 bits per heavy atom. The summed E-state index contributed by atoms with van der Waals surface area (Å²) in [5, 5.41) is 12.2. The number of nitrogens with zero attached hydrogens (tertiary/aromatic N) is 2. The fourth-order valence-electron chi connectivity index (χ4n) is 2.93. The van der Waals surface area contributed by atoms with E-state index in [0.29, 0.717) is 23.9 Å². The van der Waals surface area contributed by atoms with E-state index in [4.69, 9.17) is 14.3 Å². The Kier molecular flexibility index (Phi) is 5.49. The zero-order valence-corrected chi connectivity index (χ0v) is 16.1. The molecule has 0 saturated carbocycles. The summed E-state index contributed by atoms with van der Waals surface area (Å²) in [6.45, 7) is 0.454. The van der Waals surface area contributed by atoms with Gasteiger partial charge in [0.15, 0.2) is 5.76 Å². The molecule has 0 atom stereocenters. The van der Waals surface area contributed by atoms with Crippen LogP contribution in [-0.4, -0.2) is 17.2 Å². The Morgan fingerprint density at radius 2 is 1.73 bits per heavy atom. The molecule has 8 nitrogen and oxygen atoms in total. The van der Waals surface area contributed by atoms with Gasteiger partial charge in [0.25, 0.3) is 5.69 Å². The molecule has 0 bridgehead atoms. The van der Waals surface area contributed by atoms with E-state index in [1.54, 1.807) is 18.3 Å². The van der Waals surface area contributed by atoms with E-state index >= 15 is 0 Å². The molecule has 152 valence electrons. The lowest BCUT2D eigenvalue weighted by Gasteiger charge is -2.28. The minimum atomic E-state index is -0.452. The van der Waals surface area contributed by atoms with E-state index in [1.807, 2.05) is 48.5 Å². The van der Waals surface area contributed by atoms with Gasteiger partial charge in [0.1, 0.15) is 18.1 Å². The first-order valence-electron chi connectivity index (χ1n) is 9.17. The standard InChI is InChI=1S/C22H19N3O5/c1-28-24-14-22(30-18-9-7-17(8-10-18)25(26)27)20-12-11-19(13-21(20)23-24)29-15-16-5-3-2-4-6-16/h2-14,23H,15H2,1H3. The van der Waals surface area contributed by atoms with Crippen molar-refractivity contribution < 1.29 is 19.2 Å². The summed E-state index contributed by atoms with van der Waals surface area (Å²) >= 11 is 0. The van der Waals surface area contributed by atoms with Crippen LogP contribution in [0.1, 0.15) is 11.1 Å². The highest BCUT2D eigenvalue weighted by Crippen LogP contribution is 2.34. The summed E-state index contributed by atoms with van der Waals surface area (Å²) in [7, 11) is 1.52. The van der Waals surface area contributed by atoms with Crippen LogP contribution in [0.3, 0.4) is 0 Å². The number of rotatable bonds is 7. The Bertz CT molecular complexity index is 1070. The van der Waals surface area contributed by atoms with Crippen LogP contribution in [0.15, 0.2) is 79.0 Å². The third-order valence-electron chi connectivity index (χ3n) is 4.44. The van der Waals surface area contributed by atoms with E-state index in [2.05, 4.69) is 5.43 Å². The molecule has 1 aliphatic rings. The topological polar surface area (TPSA) is 86.1 Å². The maximum atomic E-state index is 10.8. The second kappa shape index (κ2) is 8.54. The van der Waals surface area contributed by atoms with Crippen LogP contribution in [0.25, 0.3) is 5.76 Å². The Labute approximate surface area is 173 Å². The predicted octanol–water partition coefficient (Wildman–Crippen LogP) is 4.76. The molecule has 0 unspecified atom stereocenters. The molecule has 0 spiro atoms. The number of ether oxygens (including phenoxy) is 2. The molecule has 0 aromatic heterocycles. The molecule has 1 heterocycles. The number of nitro groups is 1. The normalized spacial score (nSPS) is 12.4. The highest BCUT2D eigenvalue weighted by atomic mass is 16.7. The first-order valence-corrected chi connectivity index (χ1v) is 9.17. The molecular formula is C22H19N3O5. The summed E-state index contributed by atoms with van der Waals surface area (Å²) in [6, 6.07) is 21.4. The van der Waals surface area contributed by atoms with Crippen molar-refractivity contribution in [1.29, 1.82) is 0 Å². The van der Waals surface area contributed by atoms with Gasteiger partial charge < -0.3 is 9.47 Å². The molecule has 0 amide bonds. The molecule has 0 radical (unpaired) electrons. The van der Waals surface area contributed by atoms with Gasteiger partial charge in [-0.2, -0.15) is 5.17 Å². The van der Waals surface area contributed by atoms with Crippen molar-refractivity contribution in [1.82, 2.24) is 5.17 Å². The summed E-state index contributed by atoms with van der Waals surface area (Å²) in [5.74, 6) is 1.69. The lowest BCUT2D eigenvalue weighted by atomic mass is 10.1. The van der Waals surface area contributed by atoms with Crippen molar-refractivity contribution in [3.63, 3.8) is 0 Å². The highest BCUT2D eigenvalue weighted by molar-refractivity contribution is 5.76. The molecule has 4 rings (SSSR count). The lowest BCUT2D eigenvalue weighted by molar-refractivity contribution is -0.384. The number of non-ortho nitro benzene ring substituents is 1. The number of anilines is 1. The summed E-state index contributed by atoms with van der Waals surface area (Å²) in [5.41, 5.74) is 5.72. The number of hydroxylamine groups is 1. The molecule has 0 aliphatic carbocycles. The van der Waals surface area contributed by atoms with Crippen molar-refractivity contribution in [2.75, 3.05) is 12.5 Å². The van der Waals surface area contributed by atoms with Gasteiger partial charge in [-0.3, -0.25) is 20.4 Å². The molecule has 1 N–H and O–H groups in total. The van der Waals surface area contributed by atoms with Crippen LogP contribution < -0.4 is 14.9 Å². The molecule has 3 aromatic rings. The summed E-state index contributed by atoms with van der Waals surface area (Å²) in [4.78, 5) is 15.7. The number of nitrogens with one attached hydrogen (secondary N) is 1. The van der Waals surface area contributed by atoms with Gasteiger partial charge in [-0.05, 0) is 29.8 Å². The Morgan fingerprint density at radius 1 is 1.00 bits per heavy atom. The number of benzene rings is 3. The largest absolute Gasteiger partial charge is 0.489 e. The first kappa shape index (κ1) is 19.3. The lowest BCUT2D eigenvalue weighted by Crippen LogP contribution is -2.28. The second-order valence-electron chi connectivity index (χ2n) is 6.45. The van der Waals surface area contributed by atoms with E-state index in [-0.39, 0.29) is 5.69 Å². The zero-order chi connectivity index (χ0) is 20.9. The molecule has 3 aromatic carbocycles. The number of hydrogen-bond acceptors (Lipinski definition) is 7. The number of nitro benzene ring substituents is 1. The van der Waals surface area contributed by atoms with E-state index < -0.39 is 4.92 Å². The van der Waals surface area contributed by atoms with Crippen LogP contribution in [0.4, 0.5) is 11.4 Å². The Balaban J connectivity index is 1.54. The van der Waals surface area contributed by atoms with Gasteiger partial charge in [-0.25, -0.2) is 0 Å². The molecular weight excluding hydrogens is 386 g/mol. The number of hydrazine groups is 1. The van der Waals surface area contributed by atoms with Gasteiger partial charge in [0, 0.05) is 23.8 Å². The highest BCUT2D eigenvalue weighted by Gasteiger charge is 2.20. The van der Waals surface area contributed by atoms with Crippen LogP contribution in [-0.2, 0) is 11.4 Å². The minimum absolute atomic E-state index is 0.000709. The number of fused-ring (bicyclic) bond motifs is 1. The third kappa shape index (κ3) is 4.34. The maximum Gasteiger partial charge on any atom is 0.269 e. The van der Waals surface area contributed by atoms with Gasteiger partial charge in [0.2, 0.25) is 0 Å². The number of hydrogen-bond donors (Lipinski definition) is 1. The van der Waals surface area contributed by atoms with Gasteiger partial charge in [-0.1, -0.05) is 30.3 Å². The molecule has 8 heteroatoms. The SMILES string of the molecule is CON1C=C(Oc2ccc([N+](=O)[O-])cc2)c2ccc(OCc3ccccc3)cc2N1. The predicted molar refractivity (Wildman–Crippen MR) is 111 cm³/mol. The van der Waals surface area contributed by atoms with E-state index in [0.717, 1.165) is 16.8 Å². The summed E-state index contributed by atoms with van der Waals surface area (Å²) in [6.07, 6.45) is 1.65. The fraction of sp³-hybridized carbons (Fsp3) is 0.0909. The van der Waals surface area contributed by atoms with E-state index in [9.17, 15) is 10.1 Å². The van der Waals surface area contributed by atoms with Crippen molar-refractivity contribution >= 4 is 17.1 Å². The van der Waals surface area contributed by atoms with Crippen molar-refractivity contribution in [2.45, 2.75) is 6.61 Å². The molecule has 30 heavy (non-hydrogen) atoms. The maximum absolute atomic E-state index is 10.8. The molecule has 1 aliphatic heterocycles. The average Bonchev–Trinajstić information content (AvgIpc) is 2.78. The average molecular weight is 405 g/mol. The second-order valence-corrected chi connectivity index (χ2v) is 6.45. The minimum Gasteiger partial charge on any atom is -0.489 e. The third-order valence-corrected chi connectivity index (χ3v) is 4.44. The van der Waals surface area contributed by atoms with Crippen LogP contribution >= 0.6 is 0 Å². The van der Waals surface area contributed by atoms with Gasteiger partial charge >= 0.3 is 0 Å². The van der Waals surface area contributed by atoms with Crippen molar-refractivity contribution in [3.8, 4) is 11.5 Å². The molecule has 0 saturated heterocycles. The van der Waals surface area contributed by atoms with Crippen molar-refractivity contribution in [2.24, 2.45) is 0 Å². The van der Waals surface area contributed by atoms with Crippen LogP contribution in [0, 0.1) is 10.1 Å². The first-order chi connectivity index (χ1) is 14.6. The smallest absolute Gasteiger partial charge is 0.269 e. The monoisotopic (exact) mass is 405 g/mol. The van der Waals surface area contributed by atoms with Gasteiger partial charge in [-0.15, -0.1) is 0 Å². The zero-order valence-electron chi connectivity index (χ0n) is 16.1.